The molecule has 4 nitrogen and oxygen atoms in total. The molecule has 0 spiro atoms. The first-order valence-corrected chi connectivity index (χ1v) is 6.00. The summed E-state index contributed by atoms with van der Waals surface area (Å²) in [6.07, 6.45) is 2.69. The van der Waals surface area contributed by atoms with Gasteiger partial charge in [-0.2, -0.15) is 0 Å². The van der Waals surface area contributed by atoms with E-state index in [1.54, 1.807) is 4.90 Å². The average Bonchev–Trinajstić information content (AvgIpc) is 2.10. The molecule has 0 bridgehead atoms. The van der Waals surface area contributed by atoms with Gasteiger partial charge in [0.05, 0.1) is 0 Å². The molecular formula is C12H21NO3. The van der Waals surface area contributed by atoms with Crippen molar-refractivity contribution >= 4 is 11.9 Å². The Bertz CT molecular complexity index is 282. The van der Waals surface area contributed by atoms with Crippen molar-refractivity contribution in [3.8, 4) is 0 Å². The third-order valence-corrected chi connectivity index (χ3v) is 3.37. The van der Waals surface area contributed by atoms with Gasteiger partial charge in [-0.3, -0.25) is 9.59 Å². The first-order chi connectivity index (χ1) is 7.45. The van der Waals surface area contributed by atoms with E-state index in [4.69, 9.17) is 0 Å². The number of rotatable bonds is 5. The van der Waals surface area contributed by atoms with E-state index in [2.05, 4.69) is 0 Å². The quantitative estimate of drug-likeness (QED) is 0.730. The number of carbonyl (C=O) groups is 2. The summed E-state index contributed by atoms with van der Waals surface area (Å²) >= 11 is 0. The molecule has 4 heteroatoms. The Morgan fingerprint density at radius 2 is 1.94 bits per heavy atom. The third kappa shape index (κ3) is 2.06. The maximum Gasteiger partial charge on any atom is 0.319 e. The first-order valence-electron chi connectivity index (χ1n) is 6.00. The third-order valence-electron chi connectivity index (χ3n) is 3.37. The summed E-state index contributed by atoms with van der Waals surface area (Å²) in [5.74, 6) is -1.14. The lowest BCUT2D eigenvalue weighted by molar-refractivity contribution is -0.168. The molecule has 0 aromatic heterocycles. The van der Waals surface area contributed by atoms with E-state index >= 15 is 0 Å². The number of hydrogen-bond donors (Lipinski definition) is 1. The summed E-state index contributed by atoms with van der Waals surface area (Å²) in [4.78, 5) is 25.2. The standard InChI is InChI=1S/C12H21NO3/c1-4-8-13(9(2)3)10(14)12(11(15)16)6-5-7-12/h9H,4-8H2,1-3H3,(H,15,16). The van der Waals surface area contributed by atoms with Crippen LogP contribution in [0.5, 0.6) is 0 Å². The highest BCUT2D eigenvalue weighted by Crippen LogP contribution is 2.43. The second kappa shape index (κ2) is 4.85. The number of nitrogens with zero attached hydrogens (tertiary/aromatic N) is 1. The van der Waals surface area contributed by atoms with Gasteiger partial charge in [0.1, 0.15) is 5.41 Å². The van der Waals surface area contributed by atoms with Crippen LogP contribution >= 0.6 is 0 Å². The molecule has 1 saturated carbocycles. The normalized spacial score (nSPS) is 18.0. The highest BCUT2D eigenvalue weighted by atomic mass is 16.4. The number of hydrogen-bond acceptors (Lipinski definition) is 2. The van der Waals surface area contributed by atoms with Gasteiger partial charge in [0.2, 0.25) is 5.91 Å². The van der Waals surface area contributed by atoms with Crippen LogP contribution in [-0.2, 0) is 9.59 Å². The van der Waals surface area contributed by atoms with Gasteiger partial charge < -0.3 is 10.0 Å². The molecule has 0 aromatic carbocycles. The number of carboxylic acids is 1. The SMILES string of the molecule is CCCN(C(=O)C1(C(=O)O)CCC1)C(C)C. The van der Waals surface area contributed by atoms with Crippen LogP contribution in [0.25, 0.3) is 0 Å². The minimum atomic E-state index is -1.11. The lowest BCUT2D eigenvalue weighted by Gasteiger charge is -2.41. The summed E-state index contributed by atoms with van der Waals surface area (Å²) < 4.78 is 0. The van der Waals surface area contributed by atoms with Crippen LogP contribution in [0.15, 0.2) is 0 Å². The van der Waals surface area contributed by atoms with Gasteiger partial charge in [-0.25, -0.2) is 0 Å². The van der Waals surface area contributed by atoms with Gasteiger partial charge >= 0.3 is 5.97 Å². The predicted octanol–water partition coefficient (Wildman–Crippen LogP) is 1.89. The molecule has 0 saturated heterocycles. The van der Waals surface area contributed by atoms with Gasteiger partial charge in [0.25, 0.3) is 0 Å². The zero-order valence-corrected chi connectivity index (χ0v) is 10.3. The molecule has 1 rings (SSSR count). The van der Waals surface area contributed by atoms with Gasteiger partial charge in [-0.1, -0.05) is 13.3 Å². The second-order valence-corrected chi connectivity index (χ2v) is 4.83. The van der Waals surface area contributed by atoms with Crippen molar-refractivity contribution in [3.63, 3.8) is 0 Å². The molecule has 0 radical (unpaired) electrons. The Kier molecular flexibility index (Phi) is 3.94. The van der Waals surface area contributed by atoms with Crippen LogP contribution in [0.1, 0.15) is 46.5 Å². The Hall–Kier alpha value is -1.06. The zero-order valence-electron chi connectivity index (χ0n) is 10.3. The topological polar surface area (TPSA) is 57.6 Å². The number of amides is 1. The average molecular weight is 227 g/mol. The van der Waals surface area contributed by atoms with Gasteiger partial charge in [0.15, 0.2) is 0 Å². The van der Waals surface area contributed by atoms with E-state index in [1.807, 2.05) is 20.8 Å². The maximum absolute atomic E-state index is 12.3. The summed E-state index contributed by atoms with van der Waals surface area (Å²) in [7, 11) is 0. The van der Waals surface area contributed by atoms with Gasteiger partial charge in [-0.15, -0.1) is 0 Å². The molecule has 0 aromatic rings. The van der Waals surface area contributed by atoms with Gasteiger partial charge in [-0.05, 0) is 33.1 Å². The van der Waals surface area contributed by atoms with Crippen LogP contribution in [0, 0.1) is 5.41 Å². The number of carboxylic acid groups (broad SMARTS) is 1. The summed E-state index contributed by atoms with van der Waals surface area (Å²) in [6.45, 7) is 6.51. The van der Waals surface area contributed by atoms with Crippen molar-refractivity contribution in [2.24, 2.45) is 5.41 Å². The van der Waals surface area contributed by atoms with Crippen LogP contribution in [-0.4, -0.2) is 34.5 Å². The lowest BCUT2D eigenvalue weighted by Crippen LogP contribution is -2.54. The molecule has 1 aliphatic rings. The van der Waals surface area contributed by atoms with Crippen LogP contribution < -0.4 is 0 Å². The molecule has 0 unspecified atom stereocenters. The number of aliphatic carboxylic acids is 1. The van der Waals surface area contributed by atoms with Crippen molar-refractivity contribution in [2.75, 3.05) is 6.54 Å². The lowest BCUT2D eigenvalue weighted by atomic mass is 9.67. The summed E-state index contributed by atoms with van der Waals surface area (Å²) in [5.41, 5.74) is -1.11. The minimum absolute atomic E-state index is 0.0734. The molecule has 92 valence electrons. The molecule has 1 aliphatic carbocycles. The van der Waals surface area contributed by atoms with E-state index in [0.717, 1.165) is 12.8 Å². The van der Waals surface area contributed by atoms with E-state index in [-0.39, 0.29) is 11.9 Å². The number of carbonyl (C=O) groups excluding carboxylic acids is 1. The first kappa shape index (κ1) is 13.0. The van der Waals surface area contributed by atoms with Crippen molar-refractivity contribution in [2.45, 2.75) is 52.5 Å². The van der Waals surface area contributed by atoms with Crippen LogP contribution in [0.2, 0.25) is 0 Å². The summed E-state index contributed by atoms with van der Waals surface area (Å²) in [6, 6.07) is 0.0734. The van der Waals surface area contributed by atoms with Crippen LogP contribution in [0.3, 0.4) is 0 Å². The molecule has 16 heavy (non-hydrogen) atoms. The largest absolute Gasteiger partial charge is 0.480 e. The van der Waals surface area contributed by atoms with Crippen molar-refractivity contribution in [1.29, 1.82) is 0 Å². The fourth-order valence-corrected chi connectivity index (χ4v) is 2.16. The van der Waals surface area contributed by atoms with E-state index < -0.39 is 11.4 Å². The highest BCUT2D eigenvalue weighted by molar-refractivity contribution is 6.02. The molecule has 1 fully saturated rings. The molecule has 1 amide bonds. The Morgan fingerprint density at radius 1 is 1.38 bits per heavy atom. The highest BCUT2D eigenvalue weighted by Gasteiger charge is 2.53. The fraction of sp³-hybridized carbons (Fsp3) is 0.833. The Balaban J connectivity index is 2.84. The Labute approximate surface area is 96.6 Å². The van der Waals surface area contributed by atoms with E-state index in [0.29, 0.717) is 19.4 Å². The molecular weight excluding hydrogens is 206 g/mol. The smallest absolute Gasteiger partial charge is 0.319 e. The van der Waals surface area contributed by atoms with Crippen molar-refractivity contribution in [1.82, 2.24) is 4.90 Å². The van der Waals surface area contributed by atoms with Crippen LogP contribution in [0.4, 0.5) is 0 Å². The molecule has 0 heterocycles. The van der Waals surface area contributed by atoms with Gasteiger partial charge in [0, 0.05) is 12.6 Å². The molecule has 0 aliphatic heterocycles. The van der Waals surface area contributed by atoms with E-state index in [1.165, 1.54) is 0 Å². The second-order valence-electron chi connectivity index (χ2n) is 4.83. The zero-order chi connectivity index (χ0) is 12.3. The molecule has 0 atom stereocenters. The van der Waals surface area contributed by atoms with E-state index in [9.17, 15) is 14.7 Å². The van der Waals surface area contributed by atoms with Crippen molar-refractivity contribution < 1.29 is 14.7 Å². The maximum atomic E-state index is 12.3. The fourth-order valence-electron chi connectivity index (χ4n) is 2.16. The molecule has 1 N–H and O–H groups in total. The monoisotopic (exact) mass is 227 g/mol. The Morgan fingerprint density at radius 3 is 2.19 bits per heavy atom. The van der Waals surface area contributed by atoms with Crippen molar-refractivity contribution in [3.05, 3.63) is 0 Å². The minimum Gasteiger partial charge on any atom is -0.480 e. The predicted molar refractivity (Wildman–Crippen MR) is 61.1 cm³/mol. The summed E-state index contributed by atoms with van der Waals surface area (Å²) in [5, 5.41) is 9.21.